The first kappa shape index (κ1) is 38.8. The Hall–Kier alpha value is -5.00. The largest absolute Gasteiger partial charge is 0.492 e. The number of benzene rings is 3. The molecule has 2 atom stereocenters. The Balaban J connectivity index is 1.21. The number of methoxy groups -OCH3 is 1. The highest BCUT2D eigenvalue weighted by molar-refractivity contribution is 5.99. The number of para-hydroxylation sites is 1. The number of nitrogens with one attached hydrogen (secondary N) is 2. The molecule has 1 aliphatic heterocycles. The molecule has 0 bridgehead atoms. The summed E-state index contributed by atoms with van der Waals surface area (Å²) in [7, 11) is 1.26. The molecule has 0 radical (unpaired) electrons. The van der Waals surface area contributed by atoms with Crippen molar-refractivity contribution in [2.45, 2.75) is 65.0 Å². The minimum atomic E-state index is -0.875. The lowest BCUT2D eigenvalue weighted by atomic mass is 9.80. The van der Waals surface area contributed by atoms with Crippen LogP contribution in [0.4, 0.5) is 5.69 Å². The molecular formula is C40H50N4O7. The van der Waals surface area contributed by atoms with E-state index in [0.29, 0.717) is 30.0 Å². The summed E-state index contributed by atoms with van der Waals surface area (Å²) in [5.74, 6) is -1.20. The van der Waals surface area contributed by atoms with Crippen molar-refractivity contribution >= 4 is 17.6 Å². The third-order valence-corrected chi connectivity index (χ3v) is 8.94. The van der Waals surface area contributed by atoms with E-state index in [4.69, 9.17) is 14.2 Å². The van der Waals surface area contributed by atoms with Gasteiger partial charge in [-0.2, -0.15) is 0 Å². The minimum Gasteiger partial charge on any atom is -0.492 e. The molecule has 1 heterocycles. The highest BCUT2D eigenvalue weighted by atomic mass is 16.6. The maximum Gasteiger partial charge on any atom is 0.336 e. The summed E-state index contributed by atoms with van der Waals surface area (Å²) in [5.41, 5.74) is 3.03. The summed E-state index contributed by atoms with van der Waals surface area (Å²) in [6.45, 7) is 9.94. The number of carbonyl (C=O) groups excluding carboxylic acids is 2. The minimum absolute atomic E-state index is 0.139. The number of ether oxygens (including phenoxy) is 3. The zero-order valence-electron chi connectivity index (χ0n) is 30.1. The third-order valence-electron chi connectivity index (χ3n) is 8.94. The van der Waals surface area contributed by atoms with Crippen LogP contribution >= 0.6 is 0 Å². The van der Waals surface area contributed by atoms with Crippen LogP contribution in [0.1, 0.15) is 63.5 Å². The highest BCUT2D eigenvalue weighted by Gasteiger charge is 2.38. The molecule has 3 aromatic rings. The van der Waals surface area contributed by atoms with Gasteiger partial charge in [-0.1, -0.05) is 73.5 Å². The summed E-state index contributed by atoms with van der Waals surface area (Å²) in [6, 6.07) is 26.6. The van der Waals surface area contributed by atoms with E-state index in [0.717, 1.165) is 51.2 Å². The number of rotatable bonds is 20. The number of nitro benzene ring substituents is 1. The normalized spacial score (nSPS) is 15.0. The maximum atomic E-state index is 13.5. The van der Waals surface area contributed by atoms with E-state index in [1.54, 1.807) is 19.9 Å². The molecule has 11 nitrogen and oxygen atoms in total. The van der Waals surface area contributed by atoms with Gasteiger partial charge in [0.2, 0.25) is 0 Å². The Labute approximate surface area is 300 Å². The van der Waals surface area contributed by atoms with Gasteiger partial charge in [0.05, 0.1) is 35.7 Å². The van der Waals surface area contributed by atoms with E-state index in [9.17, 15) is 19.7 Å². The fraction of sp³-hybridized carbons (Fsp3) is 0.400. The molecular weight excluding hydrogens is 648 g/mol. The van der Waals surface area contributed by atoms with Crippen molar-refractivity contribution in [3.8, 4) is 5.75 Å². The number of hydrogen-bond donors (Lipinski definition) is 2. The first-order valence-corrected chi connectivity index (χ1v) is 17.5. The lowest BCUT2D eigenvalue weighted by molar-refractivity contribution is -0.384. The van der Waals surface area contributed by atoms with Crippen molar-refractivity contribution in [1.29, 1.82) is 0 Å². The molecule has 11 heteroatoms. The summed E-state index contributed by atoms with van der Waals surface area (Å²) in [4.78, 5) is 39.8. The van der Waals surface area contributed by atoms with Gasteiger partial charge in [-0.25, -0.2) is 9.59 Å². The van der Waals surface area contributed by atoms with Crippen molar-refractivity contribution in [2.75, 3.05) is 40.0 Å². The molecule has 3 aromatic carbocycles. The van der Waals surface area contributed by atoms with Gasteiger partial charge in [0.1, 0.15) is 12.4 Å². The van der Waals surface area contributed by atoms with Crippen molar-refractivity contribution in [2.24, 2.45) is 0 Å². The van der Waals surface area contributed by atoms with Gasteiger partial charge in [-0.15, -0.1) is 0 Å². The van der Waals surface area contributed by atoms with Gasteiger partial charge in [-0.05, 0) is 63.4 Å². The molecule has 51 heavy (non-hydrogen) atoms. The first-order chi connectivity index (χ1) is 24.7. The van der Waals surface area contributed by atoms with Crippen LogP contribution < -0.4 is 15.4 Å². The SMILES string of the molecule is COC(=O)C1=C(C)NC(C)=C(C(=O)OCCCCCCNCCN(Cc2ccccc2)C(C)COc2ccccc2)C1c1cccc([N+](=O)[O-])c1. The van der Waals surface area contributed by atoms with Gasteiger partial charge in [-0.3, -0.25) is 15.0 Å². The predicted molar refractivity (Wildman–Crippen MR) is 197 cm³/mol. The second-order valence-corrected chi connectivity index (χ2v) is 12.7. The number of nitrogens with zero attached hydrogens (tertiary/aromatic N) is 2. The van der Waals surface area contributed by atoms with E-state index in [-0.39, 0.29) is 29.5 Å². The van der Waals surface area contributed by atoms with Gasteiger partial charge in [0.15, 0.2) is 0 Å². The van der Waals surface area contributed by atoms with Crippen LogP contribution in [0.25, 0.3) is 0 Å². The molecule has 0 amide bonds. The fourth-order valence-electron chi connectivity index (χ4n) is 6.20. The number of nitro groups is 1. The van der Waals surface area contributed by atoms with Crippen LogP contribution in [-0.4, -0.2) is 67.8 Å². The predicted octanol–water partition coefficient (Wildman–Crippen LogP) is 6.67. The average Bonchev–Trinajstić information content (AvgIpc) is 3.14. The second kappa shape index (κ2) is 20.0. The van der Waals surface area contributed by atoms with Crippen LogP contribution in [0, 0.1) is 10.1 Å². The first-order valence-electron chi connectivity index (χ1n) is 17.5. The van der Waals surface area contributed by atoms with E-state index in [1.165, 1.54) is 30.9 Å². The molecule has 2 N–H and O–H groups in total. The second-order valence-electron chi connectivity index (χ2n) is 12.7. The van der Waals surface area contributed by atoms with E-state index in [2.05, 4.69) is 46.7 Å². The van der Waals surface area contributed by atoms with Crippen LogP contribution in [-0.2, 0) is 25.6 Å². The number of carbonyl (C=O) groups is 2. The number of allylic oxidation sites excluding steroid dienone is 2. The molecule has 0 aromatic heterocycles. The summed E-state index contributed by atoms with van der Waals surface area (Å²) in [6.07, 6.45) is 3.55. The molecule has 0 fully saturated rings. The Bertz CT molecular complexity index is 1660. The zero-order chi connectivity index (χ0) is 36.6. The monoisotopic (exact) mass is 698 g/mol. The van der Waals surface area contributed by atoms with E-state index in [1.807, 2.05) is 36.4 Å². The van der Waals surface area contributed by atoms with Crippen molar-refractivity contribution < 1.29 is 28.7 Å². The van der Waals surface area contributed by atoms with Gasteiger partial charge >= 0.3 is 11.9 Å². The lowest BCUT2D eigenvalue weighted by Crippen LogP contribution is -2.41. The van der Waals surface area contributed by atoms with Gasteiger partial charge in [0, 0.05) is 49.2 Å². The number of esters is 2. The maximum absolute atomic E-state index is 13.5. The molecule has 4 rings (SSSR count). The Morgan fingerprint density at radius 3 is 2.24 bits per heavy atom. The Kier molecular flexibility index (Phi) is 15.2. The number of unbranched alkanes of at least 4 members (excludes halogenated alkanes) is 3. The van der Waals surface area contributed by atoms with E-state index < -0.39 is 22.8 Å². The number of dihydropyridines is 1. The quantitative estimate of drug-likeness (QED) is 0.0571. The van der Waals surface area contributed by atoms with Crippen molar-refractivity contribution in [1.82, 2.24) is 15.5 Å². The van der Waals surface area contributed by atoms with Crippen LogP contribution in [0.15, 0.2) is 107 Å². The topological polar surface area (TPSA) is 132 Å². The molecule has 272 valence electrons. The number of non-ortho nitro benzene ring substituents is 1. The molecule has 1 aliphatic rings. The number of hydrogen-bond acceptors (Lipinski definition) is 10. The third kappa shape index (κ3) is 11.5. The smallest absolute Gasteiger partial charge is 0.336 e. The molecule has 0 aliphatic carbocycles. The van der Waals surface area contributed by atoms with E-state index >= 15 is 0 Å². The molecule has 2 unspecified atom stereocenters. The summed E-state index contributed by atoms with van der Waals surface area (Å²) in [5, 5.41) is 18.2. The lowest BCUT2D eigenvalue weighted by Gasteiger charge is -2.30. The average molecular weight is 699 g/mol. The van der Waals surface area contributed by atoms with Crippen LogP contribution in [0.5, 0.6) is 5.75 Å². The fourth-order valence-corrected chi connectivity index (χ4v) is 6.20. The van der Waals surface area contributed by atoms with Crippen LogP contribution in [0.2, 0.25) is 0 Å². The van der Waals surface area contributed by atoms with Gasteiger partial charge in [0.25, 0.3) is 5.69 Å². The van der Waals surface area contributed by atoms with Crippen molar-refractivity contribution in [3.05, 3.63) is 129 Å². The molecule has 0 saturated heterocycles. The summed E-state index contributed by atoms with van der Waals surface area (Å²) >= 11 is 0. The standard InChI is InChI=1S/C40H50N4O7/c1-29(28-51-35-20-11-8-12-21-35)43(27-32-16-9-7-10-17-32)24-23-41-22-13-5-6-14-25-50-40(46)37-31(3)42-30(2)36(39(45)49-4)38(37)33-18-15-19-34(26-33)44(47)48/h7-12,15-21,26,29,38,41-42H,5-6,13-14,22-25,27-28H2,1-4H3. The van der Waals surface area contributed by atoms with Gasteiger partial charge < -0.3 is 24.8 Å². The van der Waals surface area contributed by atoms with Crippen molar-refractivity contribution in [3.63, 3.8) is 0 Å². The van der Waals surface area contributed by atoms with Crippen LogP contribution in [0.3, 0.4) is 0 Å². The highest BCUT2D eigenvalue weighted by Crippen LogP contribution is 2.40. The summed E-state index contributed by atoms with van der Waals surface area (Å²) < 4.78 is 16.8. The Morgan fingerprint density at radius 2 is 1.55 bits per heavy atom. The molecule has 0 spiro atoms. The molecule has 0 saturated carbocycles. The zero-order valence-corrected chi connectivity index (χ0v) is 30.1. The Morgan fingerprint density at radius 1 is 0.882 bits per heavy atom.